The normalized spacial score (nSPS) is 25.7. The van der Waals surface area contributed by atoms with E-state index in [1.165, 1.54) is 26.2 Å². The molecule has 3 aliphatic rings. The summed E-state index contributed by atoms with van der Waals surface area (Å²) in [5, 5.41) is 18.7. The minimum atomic E-state index is -0.626. The van der Waals surface area contributed by atoms with Crippen LogP contribution in [0.1, 0.15) is 127 Å². The van der Waals surface area contributed by atoms with E-state index in [0.29, 0.717) is 43.6 Å². The molecule has 2 aliphatic heterocycles. The van der Waals surface area contributed by atoms with Crippen molar-refractivity contribution in [3.63, 3.8) is 0 Å². The minimum Gasteiger partial charge on any atom is -0.392 e. The van der Waals surface area contributed by atoms with Gasteiger partial charge in [0.15, 0.2) is 6.29 Å². The first kappa shape index (κ1) is 37.9. The number of ether oxygens (including phenoxy) is 2. The number of rotatable bonds is 13. The second kappa shape index (κ2) is 17.8. The fourth-order valence-corrected chi connectivity index (χ4v) is 7.79. The van der Waals surface area contributed by atoms with Gasteiger partial charge in [0.2, 0.25) is 17.7 Å². The summed E-state index contributed by atoms with van der Waals surface area (Å²) in [4.78, 5) is 39.8. The van der Waals surface area contributed by atoms with Crippen LogP contribution in [0.15, 0.2) is 48.5 Å². The van der Waals surface area contributed by atoms with Gasteiger partial charge in [-0.05, 0) is 88.5 Å². The smallest absolute Gasteiger partial charge is 0.237 e. The quantitative estimate of drug-likeness (QED) is 0.182. The van der Waals surface area contributed by atoms with Crippen LogP contribution in [-0.2, 0) is 30.5 Å². The highest BCUT2D eigenvalue weighted by molar-refractivity contribution is 5.90. The summed E-state index contributed by atoms with van der Waals surface area (Å²) < 4.78 is 13.4. The molecule has 0 spiro atoms. The molecule has 10 nitrogen and oxygen atoms in total. The summed E-state index contributed by atoms with van der Waals surface area (Å²) in [7, 11) is 0. The third-order valence-corrected chi connectivity index (χ3v) is 10.3. The second-order valence-corrected chi connectivity index (χ2v) is 15.5. The number of carbonyl (C=O) groups is 3. The van der Waals surface area contributed by atoms with Crippen LogP contribution >= 0.6 is 0 Å². The molecule has 5 rings (SSSR count). The zero-order chi connectivity index (χ0) is 35.7. The molecule has 1 aliphatic carbocycles. The highest BCUT2D eigenvalue weighted by Gasteiger charge is 2.44. The molecular formula is C40H58N4O6. The van der Waals surface area contributed by atoms with Gasteiger partial charge in [-0.1, -0.05) is 55.7 Å². The van der Waals surface area contributed by atoms with Crippen LogP contribution in [0.5, 0.6) is 0 Å². The Morgan fingerprint density at radius 3 is 2.30 bits per heavy atom. The molecule has 0 bridgehead atoms. The van der Waals surface area contributed by atoms with Crippen LogP contribution in [0.3, 0.4) is 0 Å². The highest BCUT2D eigenvalue weighted by Crippen LogP contribution is 2.42. The Labute approximate surface area is 298 Å². The van der Waals surface area contributed by atoms with E-state index in [1.54, 1.807) is 0 Å². The van der Waals surface area contributed by atoms with E-state index in [1.807, 2.05) is 69.3 Å². The predicted octanol–water partition coefficient (Wildman–Crippen LogP) is 6.30. The summed E-state index contributed by atoms with van der Waals surface area (Å²) in [5.41, 5.74) is 3.14. The maximum absolute atomic E-state index is 13.7. The molecule has 0 aromatic heterocycles. The number of piperidine rings is 1. The number of hydrogen-bond donors (Lipinski definition) is 4. The number of aliphatic hydroxyl groups excluding tert-OH is 1. The Morgan fingerprint density at radius 2 is 1.60 bits per heavy atom. The van der Waals surface area contributed by atoms with Gasteiger partial charge < -0.3 is 30.5 Å². The Bertz CT molecular complexity index is 1410. The molecular weight excluding hydrogens is 632 g/mol. The van der Waals surface area contributed by atoms with Crippen LogP contribution in [0.2, 0.25) is 0 Å². The van der Waals surface area contributed by atoms with Gasteiger partial charge in [-0.25, -0.2) is 0 Å². The number of anilines is 1. The van der Waals surface area contributed by atoms with E-state index >= 15 is 0 Å². The van der Waals surface area contributed by atoms with Gasteiger partial charge in [-0.3, -0.25) is 19.3 Å². The molecule has 3 amide bonds. The Hall–Kier alpha value is -3.31. The van der Waals surface area contributed by atoms with Crippen molar-refractivity contribution in [2.75, 3.05) is 18.4 Å². The van der Waals surface area contributed by atoms with Crippen molar-refractivity contribution in [1.82, 2.24) is 15.5 Å². The van der Waals surface area contributed by atoms with Gasteiger partial charge in [0.05, 0.1) is 24.9 Å². The molecule has 50 heavy (non-hydrogen) atoms. The zero-order valence-corrected chi connectivity index (χ0v) is 30.4. The van der Waals surface area contributed by atoms with Crippen molar-refractivity contribution in [3.8, 4) is 0 Å². The number of likely N-dealkylation sites (tertiary alicyclic amines) is 1. The van der Waals surface area contributed by atoms with Crippen LogP contribution in [0.25, 0.3) is 0 Å². The maximum atomic E-state index is 13.7. The number of benzene rings is 2. The number of nitrogens with one attached hydrogen (secondary N) is 3. The summed E-state index contributed by atoms with van der Waals surface area (Å²) in [5.74, 6) is 0.628. The molecule has 10 heteroatoms. The van der Waals surface area contributed by atoms with Gasteiger partial charge >= 0.3 is 0 Å². The van der Waals surface area contributed by atoms with E-state index in [9.17, 15) is 19.5 Å². The number of amides is 3. The van der Waals surface area contributed by atoms with E-state index < -0.39 is 6.29 Å². The number of fused-ring (bicyclic) bond motifs is 1. The number of carbonyl (C=O) groups excluding carboxylic acids is 3. The van der Waals surface area contributed by atoms with E-state index in [-0.39, 0.29) is 48.1 Å². The van der Waals surface area contributed by atoms with Crippen LogP contribution < -0.4 is 16.0 Å². The first-order valence-electron chi connectivity index (χ1n) is 18.7. The summed E-state index contributed by atoms with van der Waals surface area (Å²) in [6.45, 7) is 8.88. The second-order valence-electron chi connectivity index (χ2n) is 15.5. The average Bonchev–Trinajstić information content (AvgIpc) is 3.09. The SMILES string of the molecule is CC(=O)NCCCCCC(=O)Nc1ccc([C@H]2O[C@@H](CN3[C@@H](C(=O)NC(C)(C)C)CC[C@H]4CCCC[C@H]43)C[C@@H](c3ccc(CO)cc3)O2)cc1. The molecule has 3 fully saturated rings. The number of nitrogens with zero attached hydrogens (tertiary/aromatic N) is 1. The summed E-state index contributed by atoms with van der Waals surface area (Å²) in [6.07, 6.45) is 9.21. The Kier molecular flexibility index (Phi) is 13.5. The van der Waals surface area contributed by atoms with Gasteiger partial charge in [-0.2, -0.15) is 0 Å². The standard InChI is InChI=1S/C40H58N4O6/c1-27(46)41-23-9-5-6-12-37(47)42-32-20-17-31(18-21-32)39-49-33(24-36(50-39)30-15-13-28(26-45)14-16-30)25-44-34-11-8-7-10-29(34)19-22-35(44)38(48)43-40(2,3)4/h13-18,20-21,29,33-36,39,45H,5-12,19,22-26H2,1-4H3,(H,41,46)(H,42,47)(H,43,48)/t29-,33-,34-,35-,36+,39+/m1/s1. The maximum Gasteiger partial charge on any atom is 0.237 e. The predicted molar refractivity (Wildman–Crippen MR) is 194 cm³/mol. The third kappa shape index (κ3) is 10.8. The molecule has 0 radical (unpaired) electrons. The van der Waals surface area contributed by atoms with Crippen molar-refractivity contribution in [3.05, 3.63) is 65.2 Å². The van der Waals surface area contributed by atoms with E-state index in [2.05, 4.69) is 20.9 Å². The van der Waals surface area contributed by atoms with Crippen molar-refractivity contribution in [2.24, 2.45) is 5.92 Å². The van der Waals surface area contributed by atoms with Gasteiger partial charge in [0.25, 0.3) is 0 Å². The van der Waals surface area contributed by atoms with Gasteiger partial charge in [0.1, 0.15) is 0 Å². The average molecular weight is 691 g/mol. The Morgan fingerprint density at radius 1 is 0.880 bits per heavy atom. The van der Waals surface area contributed by atoms with Crippen molar-refractivity contribution in [2.45, 2.75) is 141 Å². The first-order chi connectivity index (χ1) is 24.0. The molecule has 2 aromatic carbocycles. The molecule has 1 saturated carbocycles. The Balaban J connectivity index is 1.29. The molecule has 4 N–H and O–H groups in total. The van der Waals surface area contributed by atoms with Gasteiger partial charge in [-0.15, -0.1) is 0 Å². The first-order valence-corrected chi connectivity index (χ1v) is 18.7. The van der Waals surface area contributed by atoms with Crippen LogP contribution in [-0.4, -0.2) is 64.5 Å². The number of aliphatic hydroxyl groups is 1. The number of unbranched alkanes of at least 4 members (excludes halogenated alkanes) is 2. The van der Waals surface area contributed by atoms with Crippen LogP contribution in [0, 0.1) is 5.92 Å². The fourth-order valence-electron chi connectivity index (χ4n) is 7.79. The molecule has 0 unspecified atom stereocenters. The van der Waals surface area contributed by atoms with Crippen molar-refractivity contribution < 1.29 is 29.0 Å². The zero-order valence-electron chi connectivity index (χ0n) is 30.4. The van der Waals surface area contributed by atoms with Crippen LogP contribution in [0.4, 0.5) is 5.69 Å². The monoisotopic (exact) mass is 690 g/mol. The topological polar surface area (TPSA) is 129 Å². The molecule has 2 aromatic rings. The van der Waals surface area contributed by atoms with E-state index in [0.717, 1.165) is 55.2 Å². The lowest BCUT2D eigenvalue weighted by Gasteiger charge is -2.50. The minimum absolute atomic E-state index is 0.0167. The molecule has 274 valence electrons. The third-order valence-electron chi connectivity index (χ3n) is 10.3. The molecule has 2 saturated heterocycles. The van der Waals surface area contributed by atoms with Gasteiger partial charge in [0, 0.05) is 55.7 Å². The molecule has 2 heterocycles. The molecule has 6 atom stereocenters. The summed E-state index contributed by atoms with van der Waals surface area (Å²) in [6, 6.07) is 15.7. The highest BCUT2D eigenvalue weighted by atomic mass is 16.7. The fraction of sp³-hybridized carbons (Fsp3) is 0.625. The van der Waals surface area contributed by atoms with Crippen molar-refractivity contribution >= 4 is 23.4 Å². The largest absolute Gasteiger partial charge is 0.392 e. The van der Waals surface area contributed by atoms with Crippen molar-refractivity contribution in [1.29, 1.82) is 0 Å². The van der Waals surface area contributed by atoms with E-state index in [4.69, 9.17) is 9.47 Å². The lowest BCUT2D eigenvalue weighted by molar-refractivity contribution is -0.255. The lowest BCUT2D eigenvalue weighted by Crippen LogP contribution is -2.61. The summed E-state index contributed by atoms with van der Waals surface area (Å²) >= 11 is 0. The number of hydrogen-bond acceptors (Lipinski definition) is 7. The lowest BCUT2D eigenvalue weighted by atomic mass is 9.75.